The van der Waals surface area contributed by atoms with Gasteiger partial charge in [0.2, 0.25) is 10.0 Å². The van der Waals surface area contributed by atoms with Gasteiger partial charge in [-0.15, -0.1) is 0 Å². The highest BCUT2D eigenvalue weighted by atomic mass is 32.2. The molecule has 2 heterocycles. The fourth-order valence-corrected chi connectivity index (χ4v) is 4.92. The molecule has 1 aliphatic rings. The highest BCUT2D eigenvalue weighted by molar-refractivity contribution is 7.92. The minimum Gasteiger partial charge on any atom is -0.356 e. The van der Waals surface area contributed by atoms with Crippen LogP contribution >= 0.6 is 0 Å². The van der Waals surface area contributed by atoms with Crippen LogP contribution in [0.1, 0.15) is 44.7 Å². The van der Waals surface area contributed by atoms with Crippen molar-refractivity contribution >= 4 is 21.0 Å². The van der Waals surface area contributed by atoms with Gasteiger partial charge in [0.1, 0.15) is 0 Å². The molecular formula is C20H29N3O3S. The van der Waals surface area contributed by atoms with E-state index in [4.69, 9.17) is 4.52 Å². The van der Waals surface area contributed by atoms with Gasteiger partial charge in [-0.3, -0.25) is 0 Å². The molecule has 1 saturated heterocycles. The highest BCUT2D eigenvalue weighted by Crippen LogP contribution is 2.32. The number of hydrogen-bond acceptors (Lipinski definition) is 5. The monoisotopic (exact) mass is 391 g/mol. The molecule has 0 amide bonds. The number of piperidine rings is 1. The second kappa shape index (κ2) is 8.54. The molecule has 148 valence electrons. The maximum Gasteiger partial charge on any atom is 0.238 e. The van der Waals surface area contributed by atoms with E-state index >= 15 is 0 Å². The van der Waals surface area contributed by atoms with Gasteiger partial charge in [-0.1, -0.05) is 30.8 Å². The van der Waals surface area contributed by atoms with Crippen molar-refractivity contribution in [3.63, 3.8) is 0 Å². The molecule has 0 radical (unpaired) electrons. The minimum absolute atomic E-state index is 0.213. The number of hydrogen-bond donors (Lipinski definition) is 0. The maximum atomic E-state index is 12.2. The van der Waals surface area contributed by atoms with E-state index in [1.165, 1.54) is 4.31 Å². The van der Waals surface area contributed by atoms with Crippen LogP contribution < -0.4 is 0 Å². The molecule has 0 atom stereocenters. The normalized spacial score (nSPS) is 17.0. The molecule has 27 heavy (non-hydrogen) atoms. The van der Waals surface area contributed by atoms with Crippen molar-refractivity contribution in [2.24, 2.45) is 0 Å². The third-order valence-corrected chi connectivity index (χ3v) is 7.40. The van der Waals surface area contributed by atoms with Gasteiger partial charge in [0.05, 0.1) is 5.69 Å². The SMILES string of the molecule is C=C(C)S(=O)(=O)N(CC)CCCN1CCC(c2noc3ccccc23)CC1. The molecule has 1 fully saturated rings. The van der Waals surface area contributed by atoms with E-state index in [2.05, 4.69) is 22.7 Å². The number of likely N-dealkylation sites (tertiary alicyclic amines) is 1. The van der Waals surface area contributed by atoms with E-state index in [0.29, 0.717) is 19.0 Å². The van der Waals surface area contributed by atoms with Crippen molar-refractivity contribution < 1.29 is 12.9 Å². The fraction of sp³-hybridized carbons (Fsp3) is 0.550. The van der Waals surface area contributed by atoms with Gasteiger partial charge in [0.15, 0.2) is 5.58 Å². The first-order valence-corrected chi connectivity index (χ1v) is 11.1. The second-order valence-corrected chi connectivity index (χ2v) is 9.40. The fourth-order valence-electron chi connectivity index (χ4n) is 3.77. The summed E-state index contributed by atoms with van der Waals surface area (Å²) < 4.78 is 31.4. The van der Waals surface area contributed by atoms with Crippen molar-refractivity contribution in [3.05, 3.63) is 41.4 Å². The summed E-state index contributed by atoms with van der Waals surface area (Å²) >= 11 is 0. The number of para-hydroxylation sites is 1. The maximum absolute atomic E-state index is 12.2. The van der Waals surface area contributed by atoms with Crippen LogP contribution in [0.3, 0.4) is 0 Å². The van der Waals surface area contributed by atoms with Crippen molar-refractivity contribution in [3.8, 4) is 0 Å². The number of benzene rings is 1. The van der Waals surface area contributed by atoms with Gasteiger partial charge in [0, 0.05) is 29.3 Å². The Morgan fingerprint density at radius 2 is 2.04 bits per heavy atom. The molecule has 0 spiro atoms. The molecule has 0 saturated carbocycles. The van der Waals surface area contributed by atoms with E-state index in [0.717, 1.165) is 55.6 Å². The lowest BCUT2D eigenvalue weighted by Gasteiger charge is -2.31. The quantitative estimate of drug-likeness (QED) is 0.688. The van der Waals surface area contributed by atoms with Crippen LogP contribution in [0.5, 0.6) is 0 Å². The molecule has 1 aromatic heterocycles. The smallest absolute Gasteiger partial charge is 0.238 e. The Morgan fingerprint density at radius 3 is 2.70 bits per heavy atom. The van der Waals surface area contributed by atoms with E-state index in [9.17, 15) is 8.42 Å². The van der Waals surface area contributed by atoms with Gasteiger partial charge >= 0.3 is 0 Å². The molecule has 0 unspecified atom stereocenters. The van der Waals surface area contributed by atoms with E-state index < -0.39 is 10.0 Å². The van der Waals surface area contributed by atoms with E-state index in [1.54, 1.807) is 6.92 Å². The average molecular weight is 392 g/mol. The van der Waals surface area contributed by atoms with Gasteiger partial charge in [-0.05, 0) is 58.0 Å². The molecule has 7 heteroatoms. The molecule has 0 N–H and O–H groups in total. The van der Waals surface area contributed by atoms with Crippen molar-refractivity contribution in [1.82, 2.24) is 14.4 Å². The van der Waals surface area contributed by atoms with Crippen LogP contribution in [0.4, 0.5) is 0 Å². The Hall–Kier alpha value is -1.70. The number of aromatic nitrogens is 1. The lowest BCUT2D eigenvalue weighted by Crippen LogP contribution is -2.37. The van der Waals surface area contributed by atoms with Crippen molar-refractivity contribution in [1.29, 1.82) is 0 Å². The van der Waals surface area contributed by atoms with Gasteiger partial charge in [0.25, 0.3) is 0 Å². The Kier molecular flexibility index (Phi) is 6.34. The van der Waals surface area contributed by atoms with Crippen LogP contribution in [0.25, 0.3) is 11.0 Å². The van der Waals surface area contributed by atoms with E-state index in [1.807, 2.05) is 25.1 Å². The van der Waals surface area contributed by atoms with Crippen LogP contribution in [0, 0.1) is 0 Å². The van der Waals surface area contributed by atoms with Gasteiger partial charge in [-0.25, -0.2) is 8.42 Å². The molecule has 3 rings (SSSR count). The highest BCUT2D eigenvalue weighted by Gasteiger charge is 2.25. The topological polar surface area (TPSA) is 66.7 Å². The Labute approximate surface area is 161 Å². The summed E-state index contributed by atoms with van der Waals surface area (Å²) in [5, 5.41) is 5.43. The lowest BCUT2D eigenvalue weighted by atomic mass is 9.91. The molecule has 0 bridgehead atoms. The predicted molar refractivity (Wildman–Crippen MR) is 108 cm³/mol. The standard InChI is InChI=1S/C20H29N3O3S/c1-4-23(27(24,25)16(2)3)13-7-12-22-14-10-17(11-15-22)20-18-8-5-6-9-19(18)26-21-20/h5-6,8-9,17H,2,4,7,10-15H2,1,3H3. The third kappa shape index (κ3) is 4.42. The van der Waals surface area contributed by atoms with Crippen LogP contribution in [-0.2, 0) is 10.0 Å². The Balaban J connectivity index is 1.49. The number of allylic oxidation sites excluding steroid dienone is 1. The predicted octanol–water partition coefficient (Wildman–Crippen LogP) is 3.58. The second-order valence-electron chi connectivity index (χ2n) is 7.23. The largest absolute Gasteiger partial charge is 0.356 e. The molecule has 1 aromatic carbocycles. The van der Waals surface area contributed by atoms with Crippen LogP contribution in [0.2, 0.25) is 0 Å². The van der Waals surface area contributed by atoms with Gasteiger partial charge in [-0.2, -0.15) is 4.31 Å². The first-order chi connectivity index (χ1) is 12.9. The molecular weight excluding hydrogens is 362 g/mol. The minimum atomic E-state index is -3.35. The summed E-state index contributed by atoms with van der Waals surface area (Å²) in [4.78, 5) is 2.63. The number of sulfonamides is 1. The molecule has 2 aromatic rings. The summed E-state index contributed by atoms with van der Waals surface area (Å²) in [7, 11) is -3.35. The van der Waals surface area contributed by atoms with E-state index in [-0.39, 0.29) is 4.91 Å². The zero-order valence-electron chi connectivity index (χ0n) is 16.2. The Bertz CT molecular complexity index is 883. The summed E-state index contributed by atoms with van der Waals surface area (Å²) in [6.45, 7) is 11.0. The third-order valence-electron chi connectivity index (χ3n) is 5.39. The van der Waals surface area contributed by atoms with Gasteiger partial charge < -0.3 is 9.42 Å². The summed E-state index contributed by atoms with van der Waals surface area (Å²) in [6, 6.07) is 8.03. The lowest BCUT2D eigenvalue weighted by molar-refractivity contribution is 0.202. The first-order valence-electron chi connectivity index (χ1n) is 9.65. The summed E-state index contributed by atoms with van der Waals surface area (Å²) in [6.07, 6.45) is 2.94. The number of rotatable bonds is 8. The summed E-state index contributed by atoms with van der Waals surface area (Å²) in [5.41, 5.74) is 1.93. The van der Waals surface area contributed by atoms with Crippen LogP contribution in [0.15, 0.2) is 40.3 Å². The van der Waals surface area contributed by atoms with Crippen molar-refractivity contribution in [2.45, 2.75) is 39.0 Å². The first kappa shape index (κ1) is 20.0. The number of fused-ring (bicyclic) bond motifs is 1. The molecule has 0 aliphatic carbocycles. The molecule has 6 nitrogen and oxygen atoms in total. The zero-order valence-corrected chi connectivity index (χ0v) is 17.0. The van der Waals surface area contributed by atoms with Crippen molar-refractivity contribution in [2.75, 3.05) is 32.7 Å². The average Bonchev–Trinajstić information content (AvgIpc) is 3.09. The summed E-state index contributed by atoms with van der Waals surface area (Å²) in [5.74, 6) is 0.431. The zero-order chi connectivity index (χ0) is 19.4. The number of nitrogens with zero attached hydrogens (tertiary/aromatic N) is 3. The Morgan fingerprint density at radius 1 is 1.33 bits per heavy atom. The molecule has 1 aliphatic heterocycles. The van der Waals surface area contributed by atoms with Crippen LogP contribution in [-0.4, -0.2) is 55.5 Å².